The number of alkyl carbamates (subject to hydrolysis) is 1. The first-order chi connectivity index (χ1) is 10.6. The Labute approximate surface area is 131 Å². The van der Waals surface area contributed by atoms with Gasteiger partial charge in [0.1, 0.15) is 13.3 Å². The van der Waals surface area contributed by atoms with Gasteiger partial charge in [-0.05, 0) is 42.5 Å². The van der Waals surface area contributed by atoms with Crippen molar-refractivity contribution in [3.05, 3.63) is 46.2 Å². The maximum atomic E-state index is 11.5. The summed E-state index contributed by atoms with van der Waals surface area (Å²) >= 11 is 0. The lowest BCUT2D eigenvalue weighted by Crippen LogP contribution is -2.28. The van der Waals surface area contributed by atoms with Gasteiger partial charge in [0.05, 0.1) is 6.10 Å². The van der Waals surface area contributed by atoms with E-state index in [1.54, 1.807) is 18.2 Å². The van der Waals surface area contributed by atoms with Crippen LogP contribution in [0.15, 0.2) is 35.1 Å². The molecule has 1 amide bonds. The number of hydrogen-bond acceptors (Lipinski definition) is 4. The average molecular weight is 308 g/mol. The molecule has 122 valence electrons. The lowest BCUT2D eigenvalue weighted by Gasteiger charge is -2.11. The third kappa shape index (κ3) is 4.60. The van der Waals surface area contributed by atoms with Gasteiger partial charge in [-0.1, -0.05) is 13.0 Å². The Morgan fingerprint density at radius 2 is 2.18 bits per heavy atom. The van der Waals surface area contributed by atoms with Crippen LogP contribution in [0, 0.1) is 0 Å². The van der Waals surface area contributed by atoms with Gasteiger partial charge in [-0.15, -0.1) is 0 Å². The normalized spacial score (nSPS) is 12.1. The van der Waals surface area contributed by atoms with E-state index in [1.807, 2.05) is 19.9 Å². The quantitative estimate of drug-likeness (QED) is 0.804. The van der Waals surface area contributed by atoms with Gasteiger partial charge in [-0.3, -0.25) is 10.1 Å². The van der Waals surface area contributed by atoms with E-state index < -0.39 is 6.09 Å². The summed E-state index contributed by atoms with van der Waals surface area (Å²) in [4.78, 5) is 25.5. The van der Waals surface area contributed by atoms with Gasteiger partial charge in [0.25, 0.3) is 0 Å². The third-order valence-electron chi connectivity index (χ3n) is 3.32. The number of nitrogens with one attached hydrogen (secondary N) is 2. The molecule has 0 saturated carbocycles. The zero-order chi connectivity index (χ0) is 15.9. The highest BCUT2D eigenvalue weighted by Crippen LogP contribution is 2.12. The van der Waals surface area contributed by atoms with Crippen LogP contribution in [0.1, 0.15) is 28.7 Å². The van der Waals surface area contributed by atoms with Crippen LogP contribution in [0.3, 0.4) is 0 Å². The van der Waals surface area contributed by atoms with Crippen molar-refractivity contribution in [2.24, 2.45) is 0 Å². The predicted octanol–water partition coefficient (Wildman–Crippen LogP) is 3.02. The molecule has 0 aliphatic heterocycles. The molecule has 0 bridgehead atoms. The highest BCUT2D eigenvalue weighted by molar-refractivity contribution is 5.78. The molecule has 2 N–H and O–H groups in total. The first kappa shape index (κ1) is 16.0. The second-order valence-corrected chi connectivity index (χ2v) is 5.03. The molecule has 6 heteroatoms. The Bertz CT molecular complexity index is 706. The molecule has 0 saturated heterocycles. The molecule has 2 rings (SSSR count). The number of fused-ring (bicyclic) bond motifs is 1. The summed E-state index contributed by atoms with van der Waals surface area (Å²) in [5.74, 6) is 0. The van der Waals surface area contributed by atoms with Gasteiger partial charge in [-0.25, -0.2) is 4.79 Å². The van der Waals surface area contributed by atoms with Gasteiger partial charge in [0.2, 0.25) is 5.56 Å². The molecule has 1 heterocycles. The summed E-state index contributed by atoms with van der Waals surface area (Å²) in [6, 6.07) is 8.67. The van der Waals surface area contributed by atoms with Gasteiger partial charge in [0.15, 0.2) is 0 Å². The summed E-state index contributed by atoms with van der Waals surface area (Å²) < 4.78 is 10.5. The van der Waals surface area contributed by atoms with E-state index in [-0.39, 0.29) is 27.9 Å². The minimum atomic E-state index is -0.523. The molecule has 0 radical (unpaired) electrons. The highest BCUT2D eigenvalue weighted by atomic mass is 16.6. The number of pyridine rings is 1. The topological polar surface area (TPSA) is 80.4 Å². The lowest BCUT2D eigenvalue weighted by atomic mass is 10.1. The number of aromatic amines is 1. The van der Waals surface area contributed by atoms with Crippen LogP contribution < -0.4 is 10.9 Å². The Kier molecular flexibility index (Phi) is 5.55. The number of H-pyrrole nitrogens is 1. The molecule has 0 spiro atoms. The van der Waals surface area contributed by atoms with Crippen molar-refractivity contribution in [3.63, 3.8) is 0 Å². The number of aromatic nitrogens is 1. The summed E-state index contributed by atoms with van der Waals surface area (Å²) in [6.45, 7) is 4.24. The lowest BCUT2D eigenvalue weighted by molar-refractivity contribution is 0.0450. The van der Waals surface area contributed by atoms with E-state index in [9.17, 15) is 9.59 Å². The van der Waals surface area contributed by atoms with Crippen molar-refractivity contribution in [3.8, 4) is 0 Å². The Hall–Kier alpha value is -2.34. The number of amides is 1. The number of ether oxygens (including phenoxy) is 2. The van der Waals surface area contributed by atoms with Crippen molar-refractivity contribution in [1.82, 2.24) is 10.3 Å². The largest absolute Gasteiger partial charge is 0.445 e. The van der Waals surface area contributed by atoms with Crippen LogP contribution in [0.4, 0.5) is 4.79 Å². The predicted molar refractivity (Wildman–Crippen MR) is 87.8 cm³/mol. The summed E-state index contributed by atoms with van der Waals surface area (Å²) in [5.41, 5.74) is 1.46. The van der Waals surface area contributed by atoms with Gasteiger partial charge in [-0.2, -0.15) is 0 Å². The molecule has 1 aromatic carbocycles. The number of hydrogen-bond donors (Lipinski definition) is 2. The SMILES string of the molecule is CCC(C)OCNC(=O)OCc1ccc2[nH]c(=O)ccc2c1.[HH].[HH]. The van der Waals surface area contributed by atoms with Crippen molar-refractivity contribution in [2.45, 2.75) is 33.0 Å². The molecule has 1 aromatic heterocycles. The van der Waals surface area contributed by atoms with Crippen LogP contribution in [-0.2, 0) is 16.1 Å². The molecule has 2 aromatic rings. The van der Waals surface area contributed by atoms with Crippen LogP contribution in [0.5, 0.6) is 0 Å². The first-order valence-electron chi connectivity index (χ1n) is 7.22. The minimum Gasteiger partial charge on any atom is -0.445 e. The smallest absolute Gasteiger partial charge is 0.409 e. The molecular formula is C16H24N2O4. The van der Waals surface area contributed by atoms with Crippen LogP contribution >= 0.6 is 0 Å². The fourth-order valence-electron chi connectivity index (χ4n) is 1.85. The van der Waals surface area contributed by atoms with Gasteiger partial charge < -0.3 is 14.5 Å². The zero-order valence-electron chi connectivity index (χ0n) is 12.7. The molecular weight excluding hydrogens is 284 g/mol. The molecule has 22 heavy (non-hydrogen) atoms. The molecule has 0 aliphatic rings. The van der Waals surface area contributed by atoms with E-state index >= 15 is 0 Å². The first-order valence-corrected chi connectivity index (χ1v) is 7.22. The van der Waals surface area contributed by atoms with Crippen molar-refractivity contribution in [1.29, 1.82) is 0 Å². The van der Waals surface area contributed by atoms with E-state index in [2.05, 4.69) is 10.3 Å². The van der Waals surface area contributed by atoms with Gasteiger partial charge >= 0.3 is 6.09 Å². The fourth-order valence-corrected chi connectivity index (χ4v) is 1.85. The number of benzene rings is 1. The third-order valence-corrected chi connectivity index (χ3v) is 3.32. The van der Waals surface area contributed by atoms with Gasteiger partial charge in [0, 0.05) is 14.4 Å². The van der Waals surface area contributed by atoms with Crippen LogP contribution in [0.2, 0.25) is 0 Å². The minimum absolute atomic E-state index is 0. The fraction of sp³-hybridized carbons (Fsp3) is 0.375. The van der Waals surface area contributed by atoms with Crippen LogP contribution in [-0.4, -0.2) is 23.9 Å². The Morgan fingerprint density at radius 1 is 1.36 bits per heavy atom. The van der Waals surface area contributed by atoms with E-state index in [4.69, 9.17) is 9.47 Å². The second-order valence-electron chi connectivity index (χ2n) is 5.03. The second kappa shape index (κ2) is 7.61. The zero-order valence-corrected chi connectivity index (χ0v) is 12.7. The Balaban J connectivity index is 0.00000264. The standard InChI is InChI=1S/C16H20N2O4.2H2/c1-3-11(2)22-10-17-16(20)21-9-12-4-6-14-13(8-12)5-7-15(19)18-14;;/h4-8,11H,3,9-10H2,1-2H3,(H,17,20)(H,18,19);2*1H. The number of carbonyl (C=O) groups excluding carboxylic acids is 1. The molecule has 1 unspecified atom stereocenters. The maximum absolute atomic E-state index is 11.5. The summed E-state index contributed by atoms with van der Waals surface area (Å²) in [6.07, 6.45) is 0.462. The van der Waals surface area contributed by atoms with E-state index in [0.717, 1.165) is 22.9 Å². The Morgan fingerprint density at radius 3 is 2.95 bits per heavy atom. The van der Waals surface area contributed by atoms with Crippen molar-refractivity contribution >= 4 is 17.0 Å². The highest BCUT2D eigenvalue weighted by Gasteiger charge is 2.04. The number of carbonyl (C=O) groups is 1. The number of rotatable bonds is 6. The van der Waals surface area contributed by atoms with Crippen molar-refractivity contribution < 1.29 is 17.1 Å². The molecule has 6 nitrogen and oxygen atoms in total. The molecule has 1 atom stereocenters. The van der Waals surface area contributed by atoms with Crippen molar-refractivity contribution in [2.75, 3.05) is 6.73 Å². The molecule has 0 fully saturated rings. The monoisotopic (exact) mass is 308 g/mol. The molecule has 0 aliphatic carbocycles. The van der Waals surface area contributed by atoms with E-state index in [1.165, 1.54) is 6.07 Å². The summed E-state index contributed by atoms with van der Waals surface area (Å²) in [5, 5.41) is 3.42. The average Bonchev–Trinajstić information content (AvgIpc) is 2.52. The van der Waals surface area contributed by atoms with Crippen LogP contribution in [0.25, 0.3) is 10.9 Å². The summed E-state index contributed by atoms with van der Waals surface area (Å²) in [7, 11) is 0. The van der Waals surface area contributed by atoms with E-state index in [0.29, 0.717) is 0 Å². The maximum Gasteiger partial charge on any atom is 0.409 e.